The van der Waals surface area contributed by atoms with Crippen molar-refractivity contribution in [2.24, 2.45) is 0 Å². The van der Waals surface area contributed by atoms with Gasteiger partial charge >= 0.3 is 6.18 Å². The van der Waals surface area contributed by atoms with Crippen LogP contribution in [-0.4, -0.2) is 46.8 Å². The molecule has 1 N–H and O–H groups in total. The zero-order valence-electron chi connectivity index (χ0n) is 12.6. The number of nitro groups is 1. The van der Waals surface area contributed by atoms with Gasteiger partial charge in [-0.25, -0.2) is 0 Å². The number of nitro benzene ring substituents is 1. The number of nitrogens with zero attached hydrogens (tertiary/aromatic N) is 2. The highest BCUT2D eigenvalue weighted by atomic mass is 19.4. The summed E-state index contributed by atoms with van der Waals surface area (Å²) in [5, 5.41) is 13.8. The van der Waals surface area contributed by atoms with E-state index >= 15 is 0 Å². The van der Waals surface area contributed by atoms with Gasteiger partial charge in [0.25, 0.3) is 5.69 Å². The first kappa shape index (κ1) is 17.7. The Balaban J connectivity index is 2.16. The molecule has 7 nitrogen and oxygen atoms in total. The third kappa shape index (κ3) is 4.21. The topological polar surface area (TPSA) is 92.6 Å². The van der Waals surface area contributed by atoms with E-state index in [-0.39, 0.29) is 35.7 Å². The van der Waals surface area contributed by atoms with Crippen LogP contribution in [0, 0.1) is 10.1 Å². The number of alkyl halides is 3. The van der Waals surface area contributed by atoms with Crippen molar-refractivity contribution in [1.29, 1.82) is 0 Å². The van der Waals surface area contributed by atoms with E-state index in [2.05, 4.69) is 5.32 Å². The smallest absolute Gasteiger partial charge is 0.374 e. The molecule has 1 atom stereocenters. The second kappa shape index (κ2) is 6.46. The molecule has 1 amide bonds. The molecule has 1 fully saturated rings. The first-order chi connectivity index (χ1) is 11.1. The molecule has 0 aliphatic carbocycles. The highest BCUT2D eigenvalue weighted by Gasteiger charge is 2.38. The molecule has 1 aliphatic heterocycles. The first-order valence-electron chi connectivity index (χ1n) is 6.97. The normalized spacial score (nSPS) is 17.9. The fourth-order valence-corrected chi connectivity index (χ4v) is 2.48. The van der Waals surface area contributed by atoms with E-state index in [1.54, 1.807) is 0 Å². The Morgan fingerprint density at radius 2 is 2.12 bits per heavy atom. The third-order valence-corrected chi connectivity index (χ3v) is 3.55. The summed E-state index contributed by atoms with van der Waals surface area (Å²) in [6, 6.07) is 3.10. The Morgan fingerprint density at radius 3 is 2.67 bits per heavy atom. The molecule has 10 heteroatoms. The largest absolute Gasteiger partial charge is 0.406 e. The van der Waals surface area contributed by atoms with E-state index < -0.39 is 29.6 Å². The van der Waals surface area contributed by atoms with E-state index in [9.17, 15) is 32.9 Å². The minimum absolute atomic E-state index is 0.0525. The lowest BCUT2D eigenvalue weighted by Gasteiger charge is -2.19. The second-order valence-electron chi connectivity index (χ2n) is 5.48. The van der Waals surface area contributed by atoms with Gasteiger partial charge in [-0.2, -0.15) is 13.2 Å². The minimum Gasteiger partial charge on any atom is -0.374 e. The monoisotopic (exact) mass is 345 g/mol. The van der Waals surface area contributed by atoms with E-state index in [1.807, 2.05) is 0 Å². The Labute approximate surface area is 134 Å². The van der Waals surface area contributed by atoms with Crippen molar-refractivity contribution in [2.45, 2.75) is 25.6 Å². The molecule has 2 rings (SSSR count). The number of ketones is 1. The summed E-state index contributed by atoms with van der Waals surface area (Å²) in [5.74, 6) is -1.02. The summed E-state index contributed by atoms with van der Waals surface area (Å²) in [6.07, 6.45) is -4.69. The van der Waals surface area contributed by atoms with Crippen molar-refractivity contribution in [1.82, 2.24) is 4.90 Å². The maximum absolute atomic E-state index is 12.4. The molecule has 0 aromatic heterocycles. The molecule has 0 radical (unpaired) electrons. The SMILES string of the molecule is CC(=O)c1ccc(N[C@@H]2CC(=O)N(CC(F)(F)F)C2)c([N+](=O)[O-])c1. The summed E-state index contributed by atoms with van der Waals surface area (Å²) in [5.41, 5.74) is -0.172. The van der Waals surface area contributed by atoms with Crippen LogP contribution in [0.25, 0.3) is 0 Å². The molecule has 24 heavy (non-hydrogen) atoms. The standard InChI is InChI=1S/C14H14F3N3O4/c1-8(21)9-2-3-11(12(4-9)20(23)24)18-10-5-13(22)19(6-10)7-14(15,16)17/h2-4,10,18H,5-7H2,1H3/t10-/m1/s1. The molecule has 1 aromatic carbocycles. The number of anilines is 1. The lowest BCUT2D eigenvalue weighted by atomic mass is 10.1. The highest BCUT2D eigenvalue weighted by Crippen LogP contribution is 2.29. The quantitative estimate of drug-likeness (QED) is 0.502. The van der Waals surface area contributed by atoms with E-state index in [4.69, 9.17) is 0 Å². The van der Waals surface area contributed by atoms with Crippen molar-refractivity contribution in [3.05, 3.63) is 33.9 Å². The predicted octanol–water partition coefficient (Wildman–Crippen LogP) is 2.37. The van der Waals surface area contributed by atoms with Crippen molar-refractivity contribution in [3.8, 4) is 0 Å². The molecule has 130 valence electrons. The minimum atomic E-state index is -4.50. The number of hydrogen-bond donors (Lipinski definition) is 1. The molecule has 0 spiro atoms. The Kier molecular flexibility index (Phi) is 4.76. The molecule has 0 saturated carbocycles. The molecule has 1 aliphatic rings. The fourth-order valence-electron chi connectivity index (χ4n) is 2.48. The van der Waals surface area contributed by atoms with Crippen LogP contribution < -0.4 is 5.32 Å². The number of carbonyl (C=O) groups is 2. The first-order valence-corrected chi connectivity index (χ1v) is 6.97. The van der Waals surface area contributed by atoms with Crippen molar-refractivity contribution >= 4 is 23.1 Å². The van der Waals surface area contributed by atoms with Crippen LogP contribution >= 0.6 is 0 Å². The third-order valence-electron chi connectivity index (χ3n) is 3.55. The Morgan fingerprint density at radius 1 is 1.46 bits per heavy atom. The summed E-state index contributed by atoms with van der Waals surface area (Å²) in [7, 11) is 0. The van der Waals surface area contributed by atoms with Gasteiger partial charge in [-0.05, 0) is 19.1 Å². The molecule has 1 aromatic rings. The predicted molar refractivity (Wildman–Crippen MR) is 77.8 cm³/mol. The lowest BCUT2D eigenvalue weighted by molar-refractivity contribution is -0.384. The highest BCUT2D eigenvalue weighted by molar-refractivity contribution is 5.95. The number of rotatable bonds is 5. The van der Waals surface area contributed by atoms with Gasteiger partial charge in [0.1, 0.15) is 12.2 Å². The average Bonchev–Trinajstić information content (AvgIpc) is 2.76. The summed E-state index contributed by atoms with van der Waals surface area (Å²) in [6.45, 7) is -0.295. The number of benzene rings is 1. The Bertz CT molecular complexity index is 690. The van der Waals surface area contributed by atoms with Crippen molar-refractivity contribution in [3.63, 3.8) is 0 Å². The van der Waals surface area contributed by atoms with Crippen LogP contribution in [0.4, 0.5) is 24.5 Å². The van der Waals surface area contributed by atoms with E-state index in [1.165, 1.54) is 19.1 Å². The molecule has 0 unspecified atom stereocenters. The van der Waals surface area contributed by atoms with Crippen LogP contribution in [-0.2, 0) is 4.79 Å². The van der Waals surface area contributed by atoms with Crippen LogP contribution in [0.3, 0.4) is 0 Å². The van der Waals surface area contributed by atoms with Gasteiger partial charge in [0.15, 0.2) is 5.78 Å². The van der Waals surface area contributed by atoms with Gasteiger partial charge in [0.05, 0.1) is 11.0 Å². The Hall–Kier alpha value is -2.65. The molecular weight excluding hydrogens is 331 g/mol. The number of Topliss-reactive ketones (excluding diaryl/α,β-unsaturated/α-hetero) is 1. The van der Waals surface area contributed by atoms with Gasteiger partial charge in [0.2, 0.25) is 5.91 Å². The van der Waals surface area contributed by atoms with Crippen molar-refractivity contribution in [2.75, 3.05) is 18.4 Å². The van der Waals surface area contributed by atoms with Gasteiger partial charge in [-0.3, -0.25) is 19.7 Å². The fraction of sp³-hybridized carbons (Fsp3) is 0.429. The molecule has 1 saturated heterocycles. The number of likely N-dealkylation sites (tertiary alicyclic amines) is 1. The number of halogens is 3. The van der Waals surface area contributed by atoms with Crippen LogP contribution in [0.1, 0.15) is 23.7 Å². The number of carbonyl (C=O) groups excluding carboxylic acids is 2. The van der Waals surface area contributed by atoms with Crippen LogP contribution in [0.2, 0.25) is 0 Å². The van der Waals surface area contributed by atoms with Gasteiger partial charge in [-0.15, -0.1) is 0 Å². The zero-order valence-corrected chi connectivity index (χ0v) is 12.6. The molecule has 1 heterocycles. The average molecular weight is 345 g/mol. The van der Waals surface area contributed by atoms with Gasteiger partial charge in [0, 0.05) is 24.6 Å². The van der Waals surface area contributed by atoms with Crippen LogP contribution in [0.5, 0.6) is 0 Å². The summed E-state index contributed by atoms with van der Waals surface area (Å²) >= 11 is 0. The molecule has 0 bridgehead atoms. The number of amides is 1. The van der Waals surface area contributed by atoms with Crippen molar-refractivity contribution < 1.29 is 27.7 Å². The lowest BCUT2D eigenvalue weighted by Crippen LogP contribution is -2.36. The summed E-state index contributed by atoms with van der Waals surface area (Å²) in [4.78, 5) is 34.0. The van der Waals surface area contributed by atoms with Gasteiger partial charge < -0.3 is 10.2 Å². The van der Waals surface area contributed by atoms with Gasteiger partial charge in [-0.1, -0.05) is 0 Å². The maximum Gasteiger partial charge on any atom is 0.406 e. The maximum atomic E-state index is 12.4. The summed E-state index contributed by atoms with van der Waals surface area (Å²) < 4.78 is 37.2. The van der Waals surface area contributed by atoms with E-state index in [0.717, 1.165) is 6.07 Å². The zero-order chi connectivity index (χ0) is 18.1. The molecular formula is C14H14F3N3O4. The van der Waals surface area contributed by atoms with E-state index in [0.29, 0.717) is 4.90 Å². The number of hydrogen-bond acceptors (Lipinski definition) is 5. The second-order valence-corrected chi connectivity index (χ2v) is 5.48. The van der Waals surface area contributed by atoms with Crippen LogP contribution in [0.15, 0.2) is 18.2 Å². The number of nitrogens with one attached hydrogen (secondary N) is 1.